The van der Waals surface area contributed by atoms with E-state index in [9.17, 15) is 9.59 Å². The summed E-state index contributed by atoms with van der Waals surface area (Å²) < 4.78 is 5.59. The molecular formula is C19H27N3O3. The average molecular weight is 345 g/mol. The summed E-state index contributed by atoms with van der Waals surface area (Å²) >= 11 is 0. The van der Waals surface area contributed by atoms with Crippen LogP contribution in [0.3, 0.4) is 0 Å². The van der Waals surface area contributed by atoms with Gasteiger partial charge in [-0.05, 0) is 31.9 Å². The molecule has 1 heterocycles. The Kier molecular flexibility index (Phi) is 5.91. The standard InChI is InChI=1S/C19H27N3O3/c1-15(19(24)20-16-7-8-16)21-10-12-22(13-11-21)18(23)9-14-25-17-5-3-2-4-6-17/h2-6,15-16H,7-14H2,1H3,(H,20,24). The van der Waals surface area contributed by atoms with Gasteiger partial charge in [0.15, 0.2) is 0 Å². The van der Waals surface area contributed by atoms with Gasteiger partial charge >= 0.3 is 0 Å². The van der Waals surface area contributed by atoms with E-state index in [0.29, 0.717) is 32.2 Å². The molecule has 0 radical (unpaired) electrons. The van der Waals surface area contributed by atoms with Gasteiger partial charge in [0.1, 0.15) is 5.75 Å². The maximum atomic E-state index is 12.3. The van der Waals surface area contributed by atoms with Gasteiger partial charge in [-0.1, -0.05) is 18.2 Å². The quantitative estimate of drug-likeness (QED) is 0.808. The van der Waals surface area contributed by atoms with Crippen molar-refractivity contribution in [2.45, 2.75) is 38.3 Å². The minimum atomic E-state index is -0.126. The Balaban J connectivity index is 1.36. The van der Waals surface area contributed by atoms with Crippen LogP contribution in [0.2, 0.25) is 0 Å². The molecule has 2 fully saturated rings. The number of hydrogen-bond donors (Lipinski definition) is 1. The van der Waals surface area contributed by atoms with Gasteiger partial charge in [-0.15, -0.1) is 0 Å². The highest BCUT2D eigenvalue weighted by atomic mass is 16.5. The van der Waals surface area contributed by atoms with E-state index in [4.69, 9.17) is 4.74 Å². The summed E-state index contributed by atoms with van der Waals surface area (Å²) in [5, 5.41) is 3.05. The van der Waals surface area contributed by atoms with Crippen LogP contribution in [0.15, 0.2) is 30.3 Å². The lowest BCUT2D eigenvalue weighted by molar-refractivity contribution is -0.134. The number of ether oxygens (including phenoxy) is 1. The van der Waals surface area contributed by atoms with Crippen LogP contribution in [0.1, 0.15) is 26.2 Å². The Hall–Kier alpha value is -2.08. The van der Waals surface area contributed by atoms with Gasteiger partial charge in [-0.3, -0.25) is 14.5 Å². The third-order valence-corrected chi connectivity index (χ3v) is 4.85. The Morgan fingerprint density at radius 3 is 2.48 bits per heavy atom. The molecule has 1 aliphatic carbocycles. The van der Waals surface area contributed by atoms with Crippen LogP contribution >= 0.6 is 0 Å². The molecule has 1 atom stereocenters. The van der Waals surface area contributed by atoms with E-state index in [1.54, 1.807) is 0 Å². The molecule has 1 saturated heterocycles. The van der Waals surface area contributed by atoms with Crippen LogP contribution in [-0.2, 0) is 9.59 Å². The maximum Gasteiger partial charge on any atom is 0.237 e. The number of piperazine rings is 1. The van der Waals surface area contributed by atoms with E-state index in [1.165, 1.54) is 0 Å². The monoisotopic (exact) mass is 345 g/mol. The molecular weight excluding hydrogens is 318 g/mol. The number of carbonyl (C=O) groups excluding carboxylic acids is 2. The topological polar surface area (TPSA) is 61.9 Å². The first-order chi connectivity index (χ1) is 12.1. The molecule has 3 rings (SSSR count). The summed E-state index contributed by atoms with van der Waals surface area (Å²) in [5.74, 6) is 1.01. The van der Waals surface area contributed by atoms with Crippen molar-refractivity contribution in [3.05, 3.63) is 30.3 Å². The summed E-state index contributed by atoms with van der Waals surface area (Å²) in [5.41, 5.74) is 0. The number of benzene rings is 1. The number of para-hydroxylation sites is 1. The molecule has 1 saturated carbocycles. The third-order valence-electron chi connectivity index (χ3n) is 4.85. The van der Waals surface area contributed by atoms with Crippen molar-refractivity contribution in [3.8, 4) is 5.75 Å². The Morgan fingerprint density at radius 1 is 1.16 bits per heavy atom. The first-order valence-corrected chi connectivity index (χ1v) is 9.13. The average Bonchev–Trinajstić information content (AvgIpc) is 3.46. The first-order valence-electron chi connectivity index (χ1n) is 9.13. The molecule has 1 aliphatic heterocycles. The summed E-state index contributed by atoms with van der Waals surface area (Å²) in [7, 11) is 0. The number of carbonyl (C=O) groups is 2. The molecule has 1 aromatic carbocycles. The van der Waals surface area contributed by atoms with Crippen molar-refractivity contribution in [2.24, 2.45) is 0 Å². The zero-order valence-electron chi connectivity index (χ0n) is 14.8. The molecule has 1 unspecified atom stereocenters. The second-order valence-electron chi connectivity index (χ2n) is 6.79. The number of rotatable bonds is 7. The zero-order valence-corrected chi connectivity index (χ0v) is 14.8. The van der Waals surface area contributed by atoms with Gasteiger partial charge in [-0.25, -0.2) is 0 Å². The predicted octanol–water partition coefficient (Wildman–Crippen LogP) is 1.27. The molecule has 2 aliphatic rings. The Labute approximate surface area is 149 Å². The molecule has 25 heavy (non-hydrogen) atoms. The van der Waals surface area contributed by atoms with Crippen molar-refractivity contribution < 1.29 is 14.3 Å². The van der Waals surface area contributed by atoms with Crippen molar-refractivity contribution in [1.29, 1.82) is 0 Å². The summed E-state index contributed by atoms with van der Waals surface area (Å²) in [4.78, 5) is 28.5. The van der Waals surface area contributed by atoms with Gasteiger partial charge in [0.05, 0.1) is 19.1 Å². The maximum absolute atomic E-state index is 12.3. The van der Waals surface area contributed by atoms with Crippen molar-refractivity contribution in [2.75, 3.05) is 32.8 Å². The number of hydrogen-bond acceptors (Lipinski definition) is 4. The highest BCUT2D eigenvalue weighted by Gasteiger charge is 2.30. The van der Waals surface area contributed by atoms with E-state index in [-0.39, 0.29) is 17.9 Å². The van der Waals surface area contributed by atoms with Crippen LogP contribution in [0, 0.1) is 0 Å². The molecule has 6 nitrogen and oxygen atoms in total. The minimum Gasteiger partial charge on any atom is -0.493 e. The third kappa shape index (κ3) is 5.19. The van der Waals surface area contributed by atoms with Crippen LogP contribution in [0.25, 0.3) is 0 Å². The fourth-order valence-corrected chi connectivity index (χ4v) is 3.00. The highest BCUT2D eigenvalue weighted by molar-refractivity contribution is 5.82. The van der Waals surface area contributed by atoms with Gasteiger partial charge in [-0.2, -0.15) is 0 Å². The number of nitrogens with zero attached hydrogens (tertiary/aromatic N) is 2. The molecule has 2 amide bonds. The lowest BCUT2D eigenvalue weighted by atomic mass is 10.2. The van der Waals surface area contributed by atoms with E-state index in [1.807, 2.05) is 42.2 Å². The first kappa shape index (κ1) is 17.7. The van der Waals surface area contributed by atoms with Crippen LogP contribution in [0.5, 0.6) is 5.75 Å². The lowest BCUT2D eigenvalue weighted by Gasteiger charge is -2.37. The number of nitrogens with one attached hydrogen (secondary N) is 1. The molecule has 0 bridgehead atoms. The Bertz CT molecular complexity index is 581. The molecule has 1 aromatic rings. The summed E-state index contributed by atoms with van der Waals surface area (Å²) in [6.45, 7) is 5.16. The lowest BCUT2D eigenvalue weighted by Crippen LogP contribution is -2.55. The van der Waals surface area contributed by atoms with Gasteiger partial charge < -0.3 is 15.0 Å². The fourth-order valence-electron chi connectivity index (χ4n) is 3.00. The number of amides is 2. The normalized spacial score (nSPS) is 19.3. The Morgan fingerprint density at radius 2 is 1.84 bits per heavy atom. The summed E-state index contributed by atoms with van der Waals surface area (Å²) in [6.07, 6.45) is 2.59. The molecule has 1 N–H and O–H groups in total. The molecule has 136 valence electrons. The minimum absolute atomic E-state index is 0.110. The van der Waals surface area contributed by atoms with Crippen molar-refractivity contribution in [3.63, 3.8) is 0 Å². The second kappa shape index (κ2) is 8.34. The van der Waals surface area contributed by atoms with Crippen molar-refractivity contribution >= 4 is 11.8 Å². The van der Waals surface area contributed by atoms with E-state index in [0.717, 1.165) is 31.7 Å². The molecule has 6 heteroatoms. The molecule has 0 spiro atoms. The summed E-state index contributed by atoms with van der Waals surface area (Å²) in [6, 6.07) is 9.80. The van der Waals surface area contributed by atoms with Crippen molar-refractivity contribution in [1.82, 2.24) is 15.1 Å². The van der Waals surface area contributed by atoms with Gasteiger partial charge in [0.25, 0.3) is 0 Å². The van der Waals surface area contributed by atoms with E-state index in [2.05, 4.69) is 10.2 Å². The SMILES string of the molecule is CC(C(=O)NC1CC1)N1CCN(C(=O)CCOc2ccccc2)CC1. The highest BCUT2D eigenvalue weighted by Crippen LogP contribution is 2.19. The zero-order chi connectivity index (χ0) is 17.6. The van der Waals surface area contributed by atoms with Gasteiger partial charge in [0.2, 0.25) is 11.8 Å². The van der Waals surface area contributed by atoms with E-state index >= 15 is 0 Å². The smallest absolute Gasteiger partial charge is 0.237 e. The van der Waals surface area contributed by atoms with Gasteiger partial charge in [0, 0.05) is 32.2 Å². The fraction of sp³-hybridized carbons (Fsp3) is 0.579. The van der Waals surface area contributed by atoms with E-state index < -0.39 is 0 Å². The van der Waals surface area contributed by atoms with Crippen LogP contribution < -0.4 is 10.1 Å². The van der Waals surface area contributed by atoms with Crippen LogP contribution in [-0.4, -0.2) is 66.5 Å². The molecule has 0 aromatic heterocycles. The van der Waals surface area contributed by atoms with Crippen LogP contribution in [0.4, 0.5) is 0 Å². The second-order valence-corrected chi connectivity index (χ2v) is 6.79. The largest absolute Gasteiger partial charge is 0.493 e. The predicted molar refractivity (Wildman–Crippen MR) is 95.3 cm³/mol.